The number of fused-ring (bicyclic) bond motifs is 4. The fourth-order valence-corrected chi connectivity index (χ4v) is 11.1. The van der Waals surface area contributed by atoms with Crippen LogP contribution < -0.4 is 19.1 Å². The van der Waals surface area contributed by atoms with Crippen LogP contribution in [0.5, 0.6) is 11.6 Å². The molecule has 58 heavy (non-hydrogen) atoms. The van der Waals surface area contributed by atoms with E-state index in [-0.39, 0.29) is 46.6 Å². The van der Waals surface area contributed by atoms with E-state index in [9.17, 15) is 14.7 Å². The fraction of sp³-hybridized carbons (Fsp3) is 0.476. The summed E-state index contributed by atoms with van der Waals surface area (Å²) in [5.41, 5.74) is 3.75. The molecule has 2 amide bonds. The van der Waals surface area contributed by atoms with Crippen molar-refractivity contribution in [2.75, 3.05) is 37.5 Å². The maximum absolute atomic E-state index is 15.0. The Morgan fingerprint density at radius 1 is 1.16 bits per heavy atom. The van der Waals surface area contributed by atoms with Gasteiger partial charge in [-0.15, -0.1) is 9.46 Å². The molecule has 1 fully saturated rings. The van der Waals surface area contributed by atoms with Crippen molar-refractivity contribution >= 4 is 39.0 Å². The molecule has 2 aromatic heterocycles. The van der Waals surface area contributed by atoms with Crippen LogP contribution in [-0.2, 0) is 47.2 Å². The minimum atomic E-state index is -3.83. The third kappa shape index (κ3) is 8.14. The van der Waals surface area contributed by atoms with Gasteiger partial charge in [-0.1, -0.05) is 36.7 Å². The predicted octanol–water partition coefficient (Wildman–Crippen LogP) is 5.42. The number of benzene rings is 2. The zero-order chi connectivity index (χ0) is 40.8. The lowest BCUT2D eigenvalue weighted by Gasteiger charge is -2.45. The quantitative estimate of drug-likeness (QED) is 0.240. The molecular weight excluding hydrogens is 782 g/mol. The molecule has 2 aliphatic heterocycles. The number of hydrogen-bond acceptors (Lipinski definition) is 10. The van der Waals surface area contributed by atoms with Gasteiger partial charge in [-0.05, 0) is 85.4 Å². The monoisotopic (exact) mass is 831 g/mol. The minimum absolute atomic E-state index is 0.0188. The van der Waals surface area contributed by atoms with E-state index < -0.39 is 39.9 Å². The first-order chi connectivity index (χ1) is 27.8. The van der Waals surface area contributed by atoms with Crippen LogP contribution in [0.4, 0.5) is 5.69 Å². The number of aromatic nitrogens is 4. The first-order valence-electron chi connectivity index (χ1n) is 19.8. The third-order valence-corrected chi connectivity index (χ3v) is 14.3. The number of aryl methyl sites for hydroxylation is 3. The largest absolute Gasteiger partial charge is 0.490 e. The summed E-state index contributed by atoms with van der Waals surface area (Å²) >= 11 is 6.47. The maximum atomic E-state index is 15.0. The van der Waals surface area contributed by atoms with Crippen LogP contribution in [0.15, 0.2) is 71.6 Å². The van der Waals surface area contributed by atoms with E-state index in [4.69, 9.17) is 25.8 Å². The molecule has 2 bridgehead atoms. The number of ether oxygens (including phenoxy) is 3. The van der Waals surface area contributed by atoms with E-state index in [2.05, 4.69) is 36.2 Å². The van der Waals surface area contributed by atoms with Crippen LogP contribution in [0, 0.1) is 17.8 Å². The van der Waals surface area contributed by atoms with Gasteiger partial charge >= 0.3 is 0 Å². The van der Waals surface area contributed by atoms with E-state index >= 15 is 4.21 Å². The summed E-state index contributed by atoms with van der Waals surface area (Å²) in [5, 5.41) is 16.6. The number of carbonyl (C=O) groups is 2. The molecule has 0 saturated heterocycles. The second kappa shape index (κ2) is 16.2. The van der Waals surface area contributed by atoms with Crippen molar-refractivity contribution in [1.29, 1.82) is 0 Å². The highest BCUT2D eigenvalue weighted by Crippen LogP contribution is 2.47. The number of halogens is 1. The molecule has 7 atom stereocenters. The summed E-state index contributed by atoms with van der Waals surface area (Å²) in [6.07, 6.45) is 11.7. The maximum Gasteiger partial charge on any atom is 0.286 e. The number of aliphatic hydroxyl groups excluding tert-OH is 1. The highest BCUT2D eigenvalue weighted by atomic mass is 35.5. The van der Waals surface area contributed by atoms with Gasteiger partial charge in [0.2, 0.25) is 5.88 Å². The summed E-state index contributed by atoms with van der Waals surface area (Å²) in [6.45, 7) is 3.65. The lowest BCUT2D eigenvalue weighted by molar-refractivity contribution is 0.0331. The lowest BCUT2D eigenvalue weighted by atomic mass is 9.68. The van der Waals surface area contributed by atoms with E-state index in [0.29, 0.717) is 36.2 Å². The molecule has 2 N–H and O–H groups in total. The molecule has 16 heteroatoms. The van der Waals surface area contributed by atoms with Gasteiger partial charge in [0.05, 0.1) is 56.0 Å². The number of carbonyl (C=O) groups excluding carboxylic acids is 2. The Hall–Kier alpha value is -4.70. The number of nitrogens with zero attached hydrogens (tertiary/aromatic N) is 6. The fourth-order valence-electron chi connectivity index (χ4n) is 9.01. The van der Waals surface area contributed by atoms with E-state index in [1.165, 1.54) is 29.1 Å². The molecule has 0 radical (unpaired) electrons. The third-order valence-electron chi connectivity index (χ3n) is 12.1. The van der Waals surface area contributed by atoms with E-state index in [1.807, 2.05) is 30.8 Å². The summed E-state index contributed by atoms with van der Waals surface area (Å²) in [4.78, 5) is 34.8. The minimum Gasteiger partial charge on any atom is -0.490 e. The molecule has 4 aliphatic rings. The second-order valence-corrected chi connectivity index (χ2v) is 18.7. The van der Waals surface area contributed by atoms with Crippen LogP contribution in [0.2, 0.25) is 5.02 Å². The smallest absolute Gasteiger partial charge is 0.286 e. The summed E-state index contributed by atoms with van der Waals surface area (Å²) in [5.74, 6) is -1.51. The Labute approximate surface area is 343 Å². The van der Waals surface area contributed by atoms with Crippen LogP contribution >= 0.6 is 11.6 Å². The Kier molecular flexibility index (Phi) is 11.2. The predicted molar refractivity (Wildman–Crippen MR) is 220 cm³/mol. The highest BCUT2D eigenvalue weighted by molar-refractivity contribution is 7.92. The molecule has 2 aliphatic carbocycles. The zero-order valence-electron chi connectivity index (χ0n) is 33.2. The molecule has 4 heterocycles. The van der Waals surface area contributed by atoms with Crippen LogP contribution in [0.25, 0.3) is 0 Å². The zero-order valence-corrected chi connectivity index (χ0v) is 34.7. The Morgan fingerprint density at radius 2 is 2.00 bits per heavy atom. The molecule has 4 aromatic rings. The Bertz CT molecular complexity index is 2370. The van der Waals surface area contributed by atoms with Gasteiger partial charge in [-0.2, -0.15) is 0 Å². The van der Waals surface area contributed by atoms with Gasteiger partial charge in [-0.25, -0.2) is 9.19 Å². The molecular formula is C42H50ClN7O7S. The van der Waals surface area contributed by atoms with Crippen molar-refractivity contribution in [3.63, 3.8) is 0 Å². The van der Waals surface area contributed by atoms with Gasteiger partial charge in [0.1, 0.15) is 21.2 Å². The number of imidazole rings is 1. The summed E-state index contributed by atoms with van der Waals surface area (Å²) in [6, 6.07) is 11.3. The number of nitrogens with one attached hydrogen (secondary N) is 1. The number of anilines is 1. The average molecular weight is 832 g/mol. The number of aliphatic hydroxyl groups is 1. The van der Waals surface area contributed by atoms with Crippen molar-refractivity contribution in [3.8, 4) is 11.6 Å². The molecule has 1 spiro atoms. The van der Waals surface area contributed by atoms with Crippen molar-refractivity contribution < 1.29 is 33.1 Å². The van der Waals surface area contributed by atoms with Crippen molar-refractivity contribution in [3.05, 3.63) is 100 Å². The Morgan fingerprint density at radius 3 is 2.76 bits per heavy atom. The molecule has 1 saturated carbocycles. The van der Waals surface area contributed by atoms with Gasteiger partial charge < -0.3 is 28.8 Å². The van der Waals surface area contributed by atoms with Crippen molar-refractivity contribution in [1.82, 2.24) is 24.1 Å². The summed E-state index contributed by atoms with van der Waals surface area (Å²) < 4.78 is 43.5. The second-order valence-electron chi connectivity index (χ2n) is 16.3. The standard InChI is InChI=1S/C42H50ClN7O7S/c1-26-22-58(54,47-40(53)33-20-49(3)45-41(33)55-4)46-39(52)28-8-13-38-35(17-28)50(23-42(24-57-38)15-5-6-27-16-30(43)9-11-34(27)42)18-29-7-10-32(29)36(51)12-14-37(26)56-21-31-19-48(2)25-44-31/h8-9,11-14,16-17,19-20,25-26,29,32,36-37,51H,5-7,10,15,18,21-24H2,1-4H3,(H,46,47,52,53,54)/t26-,29+,32-,36+,37+,42+,58?/m1/s1. The van der Waals surface area contributed by atoms with Crippen LogP contribution in [0.1, 0.15) is 70.1 Å². The number of rotatable bonds is 6. The summed E-state index contributed by atoms with van der Waals surface area (Å²) in [7, 11) is 1.05. The first-order valence-corrected chi connectivity index (χ1v) is 21.8. The van der Waals surface area contributed by atoms with Gasteiger partial charge in [0.15, 0.2) is 0 Å². The molecule has 1 unspecified atom stereocenters. The average Bonchev–Trinajstić information content (AvgIpc) is 3.74. The van der Waals surface area contributed by atoms with Gasteiger partial charge in [-0.3, -0.25) is 19.0 Å². The van der Waals surface area contributed by atoms with Gasteiger partial charge in [0, 0.05) is 61.5 Å². The highest BCUT2D eigenvalue weighted by Gasteiger charge is 2.44. The lowest BCUT2D eigenvalue weighted by Crippen LogP contribution is -2.49. The number of amides is 2. The van der Waals surface area contributed by atoms with E-state index in [0.717, 1.165) is 37.8 Å². The first kappa shape index (κ1) is 40.1. The van der Waals surface area contributed by atoms with Crippen LogP contribution in [0.3, 0.4) is 0 Å². The van der Waals surface area contributed by atoms with Gasteiger partial charge in [0.25, 0.3) is 11.8 Å². The topological polar surface area (TPSA) is 162 Å². The van der Waals surface area contributed by atoms with Crippen LogP contribution in [-0.4, -0.2) is 85.2 Å². The number of methoxy groups -OCH3 is 1. The van der Waals surface area contributed by atoms with E-state index in [1.54, 1.807) is 43.7 Å². The molecule has 2 aromatic carbocycles. The SMILES string of the molecule is COc1nn(C)cc1C(=O)NS1(=O)=NC(=O)c2ccc3c(c2)N(C[C@@H]2CC[C@H]2[C@@H](O)C=C[C@H](OCc2cn(C)cn2)[C@H](C)C1)C[C@@]1(CCCc2cc(Cl)ccc21)CO3. The van der Waals surface area contributed by atoms with Crippen molar-refractivity contribution in [2.24, 2.45) is 36.2 Å². The number of hydrogen-bond donors (Lipinski definition) is 2. The normalized spacial score (nSPS) is 28.3. The molecule has 308 valence electrons. The molecule has 14 nitrogen and oxygen atoms in total. The Balaban J connectivity index is 1.21. The van der Waals surface area contributed by atoms with Crippen molar-refractivity contribution in [2.45, 2.75) is 63.3 Å². The molecule has 8 rings (SSSR count).